The van der Waals surface area contributed by atoms with E-state index in [0.717, 1.165) is 108 Å². The van der Waals surface area contributed by atoms with Gasteiger partial charge in [0.2, 0.25) is 0 Å². The second-order valence-corrected chi connectivity index (χ2v) is 34.7. The van der Waals surface area contributed by atoms with Gasteiger partial charge in [-0.1, -0.05) is 395 Å². The second-order valence-electron chi connectivity index (χ2n) is 31.8. The van der Waals surface area contributed by atoms with Crippen LogP contribution in [0.5, 0.6) is 0 Å². The van der Waals surface area contributed by atoms with Crippen molar-refractivity contribution in [3.05, 3.63) is 0 Å². The fourth-order valence-electron chi connectivity index (χ4n) is 13.2. The van der Waals surface area contributed by atoms with Crippen LogP contribution in [0.3, 0.4) is 0 Å². The molecule has 0 amide bonds. The smallest absolute Gasteiger partial charge is 0.462 e. The molecule has 0 heterocycles. The number of aliphatic hydroxyl groups is 1. The molecule has 618 valence electrons. The molecule has 0 rings (SSSR count). The fraction of sp³-hybridized carbons (Fsp3) is 0.953. The van der Waals surface area contributed by atoms with Crippen molar-refractivity contribution in [2.24, 2.45) is 17.8 Å². The van der Waals surface area contributed by atoms with Crippen LogP contribution >= 0.6 is 15.6 Å². The van der Waals surface area contributed by atoms with Crippen LogP contribution in [-0.2, 0) is 65.4 Å². The summed E-state index contributed by atoms with van der Waals surface area (Å²) >= 11 is 0. The molecule has 104 heavy (non-hydrogen) atoms. The normalized spacial score (nSPS) is 14.2. The molecule has 0 aromatic carbocycles. The number of rotatable bonds is 83. The van der Waals surface area contributed by atoms with Crippen molar-refractivity contribution in [3.63, 3.8) is 0 Å². The van der Waals surface area contributed by atoms with E-state index < -0.39 is 97.5 Å². The summed E-state index contributed by atoms with van der Waals surface area (Å²) in [6, 6.07) is 0. The summed E-state index contributed by atoms with van der Waals surface area (Å²) in [5.41, 5.74) is 0. The molecule has 0 aliphatic rings. The Hall–Kier alpha value is -1.94. The molecule has 0 aliphatic carbocycles. The maximum atomic E-state index is 13.1. The summed E-state index contributed by atoms with van der Waals surface area (Å²) in [4.78, 5) is 73.1. The van der Waals surface area contributed by atoms with Gasteiger partial charge in [0, 0.05) is 25.7 Å². The second kappa shape index (κ2) is 75.1. The molecule has 6 atom stereocenters. The third kappa shape index (κ3) is 76.8. The SMILES string of the molecule is CCCCCCCCCCCCCCCCCCCCCCC(=O)OC[C@H](COP(=O)(O)OC[C@@H](O)COP(=O)(O)OC[C@@H](COC(=O)CCCCCCCCCCC(C)C)OC(=O)CCCCCCCCCCC(C)CC)OC(=O)CCCCCCCCCCCCCCCCCCCCC(C)C. The Morgan fingerprint density at radius 3 is 0.731 bits per heavy atom. The minimum atomic E-state index is -4.97. The minimum Gasteiger partial charge on any atom is -0.462 e. The number of phosphoric ester groups is 2. The Bertz CT molecular complexity index is 2010. The van der Waals surface area contributed by atoms with Crippen molar-refractivity contribution >= 4 is 39.5 Å². The number of esters is 4. The van der Waals surface area contributed by atoms with Crippen LogP contribution in [0.15, 0.2) is 0 Å². The van der Waals surface area contributed by atoms with E-state index in [1.165, 1.54) is 257 Å². The van der Waals surface area contributed by atoms with E-state index in [0.29, 0.717) is 25.7 Å². The van der Waals surface area contributed by atoms with Gasteiger partial charge in [0.05, 0.1) is 26.4 Å². The highest BCUT2D eigenvalue weighted by Gasteiger charge is 2.30. The number of phosphoric acid groups is 2. The summed E-state index contributed by atoms with van der Waals surface area (Å²) < 4.78 is 68.8. The maximum Gasteiger partial charge on any atom is 0.472 e. The van der Waals surface area contributed by atoms with E-state index in [-0.39, 0.29) is 25.7 Å². The number of hydrogen-bond donors (Lipinski definition) is 3. The average molecular weight is 1520 g/mol. The van der Waals surface area contributed by atoms with Gasteiger partial charge in [0.25, 0.3) is 0 Å². The van der Waals surface area contributed by atoms with Crippen LogP contribution < -0.4 is 0 Å². The zero-order valence-electron chi connectivity index (χ0n) is 68.5. The van der Waals surface area contributed by atoms with E-state index in [4.69, 9.17) is 37.0 Å². The molecule has 0 saturated carbocycles. The summed E-state index contributed by atoms with van der Waals surface area (Å²) in [5.74, 6) is 0.207. The van der Waals surface area contributed by atoms with E-state index in [1.54, 1.807) is 0 Å². The highest BCUT2D eigenvalue weighted by molar-refractivity contribution is 7.47. The van der Waals surface area contributed by atoms with Crippen LogP contribution in [0.2, 0.25) is 0 Å². The molecule has 0 radical (unpaired) electrons. The van der Waals surface area contributed by atoms with Gasteiger partial charge in [-0.3, -0.25) is 37.3 Å². The first-order valence-corrected chi connectivity index (χ1v) is 46.9. The van der Waals surface area contributed by atoms with Gasteiger partial charge in [0.1, 0.15) is 19.3 Å². The number of hydrogen-bond acceptors (Lipinski definition) is 15. The molecule has 3 unspecified atom stereocenters. The Labute approximate surface area is 638 Å². The minimum absolute atomic E-state index is 0.105. The first-order chi connectivity index (χ1) is 50.3. The Balaban J connectivity index is 5.22. The lowest BCUT2D eigenvalue weighted by Gasteiger charge is -2.21. The molecule has 0 aromatic rings. The van der Waals surface area contributed by atoms with E-state index in [2.05, 4.69) is 48.5 Å². The Kier molecular flexibility index (Phi) is 73.7. The number of carbonyl (C=O) groups excluding carboxylic acids is 4. The van der Waals surface area contributed by atoms with E-state index in [1.807, 2.05) is 0 Å². The van der Waals surface area contributed by atoms with Crippen molar-refractivity contribution in [3.8, 4) is 0 Å². The third-order valence-corrected chi connectivity index (χ3v) is 22.1. The van der Waals surface area contributed by atoms with Crippen molar-refractivity contribution < 1.29 is 80.2 Å². The fourth-order valence-corrected chi connectivity index (χ4v) is 14.7. The van der Waals surface area contributed by atoms with Crippen molar-refractivity contribution in [2.45, 2.75) is 465 Å². The van der Waals surface area contributed by atoms with Gasteiger partial charge in [0.15, 0.2) is 12.2 Å². The molecule has 17 nitrogen and oxygen atoms in total. The van der Waals surface area contributed by atoms with Crippen LogP contribution in [-0.4, -0.2) is 96.7 Å². The van der Waals surface area contributed by atoms with Gasteiger partial charge >= 0.3 is 39.5 Å². The topological polar surface area (TPSA) is 237 Å². The number of ether oxygens (including phenoxy) is 4. The summed E-state index contributed by atoms with van der Waals surface area (Å²) in [6.45, 7) is 12.0. The molecule has 0 saturated heterocycles. The molecule has 0 aromatic heterocycles. The predicted molar refractivity (Wildman–Crippen MR) is 428 cm³/mol. The Morgan fingerprint density at radius 1 is 0.279 bits per heavy atom. The molecule has 0 fully saturated rings. The van der Waals surface area contributed by atoms with Gasteiger partial charge in [-0.2, -0.15) is 0 Å². The zero-order valence-corrected chi connectivity index (χ0v) is 70.3. The van der Waals surface area contributed by atoms with Crippen LogP contribution in [0.25, 0.3) is 0 Å². The lowest BCUT2D eigenvalue weighted by atomic mass is 9.99. The molecule has 3 N–H and O–H groups in total. The Morgan fingerprint density at radius 2 is 0.490 bits per heavy atom. The highest BCUT2D eigenvalue weighted by atomic mass is 31.2. The molecule has 0 spiro atoms. The monoisotopic (exact) mass is 1520 g/mol. The van der Waals surface area contributed by atoms with Crippen LogP contribution in [0.1, 0.15) is 447 Å². The van der Waals surface area contributed by atoms with Crippen LogP contribution in [0, 0.1) is 17.8 Å². The molecule has 0 aliphatic heterocycles. The van der Waals surface area contributed by atoms with Crippen LogP contribution in [0.4, 0.5) is 0 Å². The average Bonchev–Trinajstić information content (AvgIpc) is 0.919. The van der Waals surface area contributed by atoms with Crippen molar-refractivity contribution in [1.29, 1.82) is 0 Å². The van der Waals surface area contributed by atoms with E-state index >= 15 is 0 Å². The van der Waals surface area contributed by atoms with Gasteiger partial charge < -0.3 is 33.8 Å². The molecule has 0 bridgehead atoms. The lowest BCUT2D eigenvalue weighted by molar-refractivity contribution is -0.161. The first-order valence-electron chi connectivity index (χ1n) is 43.9. The maximum absolute atomic E-state index is 13.1. The summed E-state index contributed by atoms with van der Waals surface area (Å²) in [5, 5.41) is 10.7. The number of carbonyl (C=O) groups is 4. The first kappa shape index (κ1) is 102. The molecule has 19 heteroatoms. The van der Waals surface area contributed by atoms with E-state index in [9.17, 15) is 43.2 Å². The standard InChI is InChI=1S/C85H166O17P2/c1-8-10-11-12-13-14-15-16-17-18-19-20-24-27-30-33-36-45-52-59-66-82(87)95-72-80(101-84(89)68-61-54-47-37-34-31-28-25-22-21-23-26-29-32-35-42-49-56-63-76(3)4)74-99-103(91,92)97-70-79(86)71-98-104(93,94)100-75-81(73-96-83(88)67-60-53-46-40-38-43-50-57-64-77(5)6)102-85(90)69-62-55-48-41-39-44-51-58-65-78(7)9-2/h76-81,86H,8-75H2,1-7H3,(H,91,92)(H,93,94)/t78?,79-,80-,81-/m1/s1. The number of unbranched alkanes of at least 4 members (excludes halogenated alkanes) is 50. The zero-order chi connectivity index (χ0) is 76.5. The molecular formula is C85H166O17P2. The van der Waals surface area contributed by atoms with Gasteiger partial charge in [-0.05, 0) is 43.4 Å². The van der Waals surface area contributed by atoms with Gasteiger partial charge in [-0.15, -0.1) is 0 Å². The summed E-state index contributed by atoms with van der Waals surface area (Å²) in [6.07, 6.45) is 65.4. The summed E-state index contributed by atoms with van der Waals surface area (Å²) in [7, 11) is -9.93. The van der Waals surface area contributed by atoms with Gasteiger partial charge in [-0.25, -0.2) is 9.13 Å². The highest BCUT2D eigenvalue weighted by Crippen LogP contribution is 2.45. The number of aliphatic hydroxyl groups excluding tert-OH is 1. The quantitative estimate of drug-likeness (QED) is 0.0222. The largest absolute Gasteiger partial charge is 0.472 e. The predicted octanol–water partition coefficient (Wildman–Crippen LogP) is 25.7. The lowest BCUT2D eigenvalue weighted by Crippen LogP contribution is -2.30. The van der Waals surface area contributed by atoms with Crippen molar-refractivity contribution in [1.82, 2.24) is 0 Å². The third-order valence-electron chi connectivity index (χ3n) is 20.2. The van der Waals surface area contributed by atoms with Crippen molar-refractivity contribution in [2.75, 3.05) is 39.6 Å². The molecular weight excluding hydrogens is 1350 g/mol.